The standard InChI is InChI=1S/C29H31Cl3N2O3/c1-4-20(3)33-29(36)27(16-21-9-6-5-7-10-21)34(17-23-25(31)11-8-12-26(23)32)28(35)18-37-22-13-14-24(30)19(2)15-22/h5-15,20,27H,4,16-18H2,1-3H3,(H,33,36)/t20-,27+/m1/s1. The van der Waals surface area contributed by atoms with Crippen LogP contribution in [0.15, 0.2) is 66.7 Å². The molecule has 2 amide bonds. The molecule has 0 radical (unpaired) electrons. The van der Waals surface area contributed by atoms with Crippen LogP contribution in [0.3, 0.4) is 0 Å². The lowest BCUT2D eigenvalue weighted by atomic mass is 10.0. The van der Waals surface area contributed by atoms with E-state index in [0.29, 0.717) is 32.8 Å². The van der Waals surface area contributed by atoms with Crippen molar-refractivity contribution in [1.29, 1.82) is 0 Å². The number of benzene rings is 3. The fraction of sp³-hybridized carbons (Fsp3) is 0.310. The fourth-order valence-corrected chi connectivity index (χ4v) is 4.42. The molecule has 37 heavy (non-hydrogen) atoms. The van der Waals surface area contributed by atoms with E-state index in [1.54, 1.807) is 36.4 Å². The summed E-state index contributed by atoms with van der Waals surface area (Å²) in [5.41, 5.74) is 2.32. The molecule has 1 N–H and O–H groups in total. The molecule has 0 aromatic heterocycles. The van der Waals surface area contributed by atoms with Crippen LogP contribution in [-0.2, 0) is 22.6 Å². The lowest BCUT2D eigenvalue weighted by Crippen LogP contribution is -2.53. The number of hydrogen-bond acceptors (Lipinski definition) is 3. The van der Waals surface area contributed by atoms with Crippen molar-refractivity contribution >= 4 is 46.6 Å². The molecule has 3 aromatic rings. The Morgan fingerprint density at radius 1 is 0.946 bits per heavy atom. The van der Waals surface area contributed by atoms with Gasteiger partial charge in [-0.15, -0.1) is 0 Å². The van der Waals surface area contributed by atoms with Gasteiger partial charge in [-0.25, -0.2) is 0 Å². The highest BCUT2D eigenvalue weighted by Crippen LogP contribution is 2.28. The van der Waals surface area contributed by atoms with E-state index in [4.69, 9.17) is 39.5 Å². The largest absolute Gasteiger partial charge is 0.484 e. The fourth-order valence-electron chi connectivity index (χ4n) is 3.78. The van der Waals surface area contributed by atoms with E-state index in [9.17, 15) is 9.59 Å². The Labute approximate surface area is 233 Å². The van der Waals surface area contributed by atoms with E-state index < -0.39 is 6.04 Å². The Hall–Kier alpha value is -2.73. The normalized spacial score (nSPS) is 12.5. The molecule has 0 aliphatic carbocycles. The van der Waals surface area contributed by atoms with Gasteiger partial charge in [-0.05, 0) is 61.7 Å². The summed E-state index contributed by atoms with van der Waals surface area (Å²) in [4.78, 5) is 28.7. The molecule has 5 nitrogen and oxygen atoms in total. The van der Waals surface area contributed by atoms with Crippen LogP contribution >= 0.6 is 34.8 Å². The van der Waals surface area contributed by atoms with Crippen molar-refractivity contribution in [2.24, 2.45) is 0 Å². The van der Waals surface area contributed by atoms with Crippen molar-refractivity contribution in [2.75, 3.05) is 6.61 Å². The third-order valence-electron chi connectivity index (χ3n) is 6.15. The van der Waals surface area contributed by atoms with E-state index in [-0.39, 0.29) is 31.0 Å². The number of carbonyl (C=O) groups excluding carboxylic acids is 2. The van der Waals surface area contributed by atoms with Crippen LogP contribution in [0.5, 0.6) is 5.75 Å². The summed E-state index contributed by atoms with van der Waals surface area (Å²) in [5.74, 6) is -0.115. The Balaban J connectivity index is 1.96. The Kier molecular flexibility index (Phi) is 10.7. The molecule has 0 heterocycles. The summed E-state index contributed by atoms with van der Waals surface area (Å²) in [5, 5.41) is 4.48. The van der Waals surface area contributed by atoms with Gasteiger partial charge < -0.3 is 15.0 Å². The first-order valence-electron chi connectivity index (χ1n) is 12.1. The second-order valence-corrected chi connectivity index (χ2v) is 10.2. The summed E-state index contributed by atoms with van der Waals surface area (Å²) >= 11 is 19.1. The second kappa shape index (κ2) is 13.7. The summed E-state index contributed by atoms with van der Waals surface area (Å²) < 4.78 is 5.82. The zero-order valence-corrected chi connectivity index (χ0v) is 23.4. The van der Waals surface area contributed by atoms with E-state index >= 15 is 0 Å². The molecule has 0 bridgehead atoms. The van der Waals surface area contributed by atoms with Gasteiger partial charge in [0.15, 0.2) is 6.61 Å². The lowest BCUT2D eigenvalue weighted by Gasteiger charge is -2.32. The first kappa shape index (κ1) is 28.8. The molecule has 0 saturated heterocycles. The maximum atomic E-state index is 13.7. The number of nitrogens with zero attached hydrogens (tertiary/aromatic N) is 1. The van der Waals surface area contributed by atoms with Crippen molar-refractivity contribution in [3.8, 4) is 5.75 Å². The second-order valence-electron chi connectivity index (χ2n) is 8.94. The minimum atomic E-state index is -0.813. The number of rotatable bonds is 11. The van der Waals surface area contributed by atoms with Crippen LogP contribution in [0.4, 0.5) is 0 Å². The van der Waals surface area contributed by atoms with Crippen molar-refractivity contribution in [1.82, 2.24) is 10.2 Å². The number of ether oxygens (including phenoxy) is 1. The summed E-state index contributed by atoms with van der Waals surface area (Å²) in [6.45, 7) is 5.56. The molecule has 0 saturated carbocycles. The first-order chi connectivity index (χ1) is 17.7. The molecule has 3 aromatic carbocycles. The van der Waals surface area contributed by atoms with Crippen molar-refractivity contribution in [3.63, 3.8) is 0 Å². The number of halogens is 3. The Morgan fingerprint density at radius 2 is 1.62 bits per heavy atom. The highest BCUT2D eigenvalue weighted by molar-refractivity contribution is 6.36. The average Bonchev–Trinajstić information content (AvgIpc) is 2.88. The summed E-state index contributed by atoms with van der Waals surface area (Å²) in [6, 6.07) is 19.1. The summed E-state index contributed by atoms with van der Waals surface area (Å²) in [6.07, 6.45) is 1.07. The van der Waals surface area contributed by atoms with E-state index in [0.717, 1.165) is 17.5 Å². The molecule has 0 aliphatic heterocycles. The minimum absolute atomic E-state index is 0.0474. The Bertz CT molecular complexity index is 1200. The average molecular weight is 562 g/mol. The quantitative estimate of drug-likeness (QED) is 0.277. The topological polar surface area (TPSA) is 58.6 Å². The van der Waals surface area contributed by atoms with Gasteiger partial charge in [0, 0.05) is 39.6 Å². The van der Waals surface area contributed by atoms with Gasteiger partial charge in [-0.2, -0.15) is 0 Å². The Morgan fingerprint density at radius 3 is 2.24 bits per heavy atom. The molecular weight excluding hydrogens is 531 g/mol. The predicted molar refractivity (Wildman–Crippen MR) is 151 cm³/mol. The monoisotopic (exact) mass is 560 g/mol. The third kappa shape index (κ3) is 8.13. The van der Waals surface area contributed by atoms with Crippen LogP contribution in [0.1, 0.15) is 37.0 Å². The smallest absolute Gasteiger partial charge is 0.261 e. The van der Waals surface area contributed by atoms with Gasteiger partial charge in [0.2, 0.25) is 5.91 Å². The lowest BCUT2D eigenvalue weighted by molar-refractivity contribution is -0.143. The number of amides is 2. The number of nitrogens with one attached hydrogen (secondary N) is 1. The van der Waals surface area contributed by atoms with Crippen molar-refractivity contribution in [3.05, 3.63) is 98.5 Å². The van der Waals surface area contributed by atoms with Gasteiger partial charge in [0.05, 0.1) is 0 Å². The molecule has 8 heteroatoms. The molecular formula is C29H31Cl3N2O3. The van der Waals surface area contributed by atoms with Crippen LogP contribution in [-0.4, -0.2) is 35.4 Å². The zero-order valence-electron chi connectivity index (χ0n) is 21.1. The molecule has 196 valence electrons. The van der Waals surface area contributed by atoms with Crippen LogP contribution < -0.4 is 10.1 Å². The maximum Gasteiger partial charge on any atom is 0.261 e. The SMILES string of the molecule is CC[C@@H](C)NC(=O)[C@H](Cc1ccccc1)N(Cc1c(Cl)cccc1Cl)C(=O)COc1ccc(Cl)c(C)c1. The first-order valence-corrected chi connectivity index (χ1v) is 13.3. The highest BCUT2D eigenvalue weighted by atomic mass is 35.5. The molecule has 0 aliphatic rings. The highest BCUT2D eigenvalue weighted by Gasteiger charge is 2.32. The maximum absolute atomic E-state index is 13.7. The van der Waals surface area contributed by atoms with Gasteiger partial charge >= 0.3 is 0 Å². The molecule has 0 spiro atoms. The van der Waals surface area contributed by atoms with Gasteiger partial charge in [-0.3, -0.25) is 9.59 Å². The van der Waals surface area contributed by atoms with Gasteiger partial charge in [0.25, 0.3) is 5.91 Å². The number of hydrogen-bond donors (Lipinski definition) is 1. The van der Waals surface area contributed by atoms with E-state index in [1.165, 1.54) is 4.90 Å². The third-order valence-corrected chi connectivity index (χ3v) is 7.29. The van der Waals surface area contributed by atoms with Crippen molar-refractivity contribution < 1.29 is 14.3 Å². The summed E-state index contributed by atoms with van der Waals surface area (Å²) in [7, 11) is 0. The zero-order chi connectivity index (χ0) is 26.9. The number of aryl methyl sites for hydroxylation is 1. The molecule has 2 atom stereocenters. The molecule has 0 fully saturated rings. The van der Waals surface area contributed by atoms with Crippen LogP contribution in [0.25, 0.3) is 0 Å². The van der Waals surface area contributed by atoms with Gasteiger partial charge in [-0.1, -0.05) is 78.1 Å². The number of carbonyl (C=O) groups is 2. The van der Waals surface area contributed by atoms with Crippen LogP contribution in [0.2, 0.25) is 15.1 Å². The predicted octanol–water partition coefficient (Wildman–Crippen LogP) is 6.89. The van der Waals surface area contributed by atoms with E-state index in [1.807, 2.05) is 51.1 Å². The van der Waals surface area contributed by atoms with Gasteiger partial charge in [0.1, 0.15) is 11.8 Å². The minimum Gasteiger partial charge on any atom is -0.484 e. The molecule has 0 unspecified atom stereocenters. The van der Waals surface area contributed by atoms with Crippen molar-refractivity contribution in [2.45, 2.75) is 52.2 Å². The van der Waals surface area contributed by atoms with E-state index in [2.05, 4.69) is 5.32 Å². The van der Waals surface area contributed by atoms with Crippen LogP contribution in [0, 0.1) is 6.92 Å². The molecule has 3 rings (SSSR count).